The van der Waals surface area contributed by atoms with Crippen molar-refractivity contribution in [2.24, 2.45) is 0 Å². The van der Waals surface area contributed by atoms with Crippen LogP contribution in [0.2, 0.25) is 0 Å². The second-order valence-corrected chi connectivity index (χ2v) is 3.40. The number of phenolic OH excluding ortho intramolecular Hbond substituents is 1. The van der Waals surface area contributed by atoms with Gasteiger partial charge in [0.05, 0.1) is 5.69 Å². The zero-order chi connectivity index (χ0) is 10.1. The van der Waals surface area contributed by atoms with Gasteiger partial charge in [0.15, 0.2) is 0 Å². The van der Waals surface area contributed by atoms with E-state index in [1.807, 2.05) is 0 Å². The van der Waals surface area contributed by atoms with E-state index in [2.05, 4.69) is 0 Å². The lowest BCUT2D eigenvalue weighted by atomic mass is 10.2. The first-order valence-electron chi connectivity index (χ1n) is 4.57. The molecule has 4 nitrogen and oxygen atoms in total. The van der Waals surface area contributed by atoms with E-state index in [0.717, 1.165) is 6.42 Å². The van der Waals surface area contributed by atoms with Crippen LogP contribution in [0.3, 0.4) is 0 Å². The molecule has 0 saturated carbocycles. The summed E-state index contributed by atoms with van der Waals surface area (Å²) in [6.45, 7) is 0.663. The average Bonchev–Trinajstić information content (AvgIpc) is 2.56. The van der Waals surface area contributed by atoms with Gasteiger partial charge in [-0.05, 0) is 24.6 Å². The number of nitrogen functional groups attached to an aromatic ring is 1. The van der Waals surface area contributed by atoms with Gasteiger partial charge in [-0.25, -0.2) is 0 Å². The van der Waals surface area contributed by atoms with Gasteiger partial charge in [-0.1, -0.05) is 0 Å². The van der Waals surface area contributed by atoms with Crippen molar-refractivity contribution in [3.63, 3.8) is 0 Å². The summed E-state index contributed by atoms with van der Waals surface area (Å²) >= 11 is 0. The summed E-state index contributed by atoms with van der Waals surface area (Å²) in [6, 6.07) is 4.74. The zero-order valence-corrected chi connectivity index (χ0v) is 7.73. The number of carbonyl (C=O) groups excluding carboxylic acids is 1. The first kappa shape index (κ1) is 8.87. The summed E-state index contributed by atoms with van der Waals surface area (Å²) < 4.78 is 0. The topological polar surface area (TPSA) is 66.6 Å². The molecule has 2 rings (SSSR count). The van der Waals surface area contributed by atoms with Crippen LogP contribution in [0.25, 0.3) is 0 Å². The molecule has 0 spiro atoms. The number of carbonyl (C=O) groups is 1. The number of nitrogens with two attached hydrogens (primary N) is 1. The van der Waals surface area contributed by atoms with E-state index in [9.17, 15) is 9.90 Å². The quantitative estimate of drug-likeness (QED) is 0.517. The predicted molar refractivity (Wildman–Crippen MR) is 54.1 cm³/mol. The molecule has 74 valence electrons. The van der Waals surface area contributed by atoms with Gasteiger partial charge in [0, 0.05) is 18.7 Å². The fourth-order valence-electron chi connectivity index (χ4n) is 1.66. The van der Waals surface area contributed by atoms with Gasteiger partial charge in [-0.3, -0.25) is 4.79 Å². The van der Waals surface area contributed by atoms with E-state index >= 15 is 0 Å². The smallest absolute Gasteiger partial charge is 0.227 e. The Morgan fingerprint density at radius 1 is 1.43 bits per heavy atom. The van der Waals surface area contributed by atoms with Gasteiger partial charge in [-0.15, -0.1) is 0 Å². The Balaban J connectivity index is 2.39. The minimum atomic E-state index is 0.0471. The molecule has 1 saturated heterocycles. The highest BCUT2D eigenvalue weighted by Crippen LogP contribution is 2.31. The summed E-state index contributed by atoms with van der Waals surface area (Å²) in [5.41, 5.74) is 6.67. The minimum absolute atomic E-state index is 0.0471. The third-order valence-corrected chi connectivity index (χ3v) is 2.36. The van der Waals surface area contributed by atoms with Crippen LogP contribution in [-0.2, 0) is 4.79 Å². The predicted octanol–water partition coefficient (Wildman–Crippen LogP) is 1.10. The third-order valence-electron chi connectivity index (χ3n) is 2.36. The van der Waals surface area contributed by atoms with E-state index in [1.165, 1.54) is 6.07 Å². The number of aromatic hydroxyl groups is 1. The molecule has 1 amide bonds. The van der Waals surface area contributed by atoms with Crippen molar-refractivity contribution >= 4 is 17.3 Å². The monoisotopic (exact) mass is 192 g/mol. The molecule has 0 radical (unpaired) electrons. The van der Waals surface area contributed by atoms with Gasteiger partial charge < -0.3 is 15.7 Å². The molecule has 0 aliphatic carbocycles. The summed E-state index contributed by atoms with van der Waals surface area (Å²) in [4.78, 5) is 13.0. The second kappa shape index (κ2) is 3.21. The lowest BCUT2D eigenvalue weighted by Crippen LogP contribution is -2.23. The molecule has 0 atom stereocenters. The van der Waals surface area contributed by atoms with Crippen LogP contribution in [0.1, 0.15) is 12.8 Å². The summed E-state index contributed by atoms with van der Waals surface area (Å²) in [5.74, 6) is 0.153. The number of amides is 1. The van der Waals surface area contributed by atoms with Crippen molar-refractivity contribution in [2.45, 2.75) is 12.8 Å². The van der Waals surface area contributed by atoms with E-state index in [0.29, 0.717) is 24.3 Å². The molecule has 1 fully saturated rings. The summed E-state index contributed by atoms with van der Waals surface area (Å²) in [5, 5.41) is 9.56. The molecule has 0 bridgehead atoms. The lowest BCUT2D eigenvalue weighted by Gasteiger charge is -2.17. The minimum Gasteiger partial charge on any atom is -0.506 e. The van der Waals surface area contributed by atoms with Crippen LogP contribution < -0.4 is 10.6 Å². The molecule has 1 heterocycles. The molecule has 4 heteroatoms. The Morgan fingerprint density at radius 3 is 2.86 bits per heavy atom. The Hall–Kier alpha value is -1.71. The normalized spacial score (nSPS) is 16.3. The molecule has 0 aromatic heterocycles. The van der Waals surface area contributed by atoms with E-state index in [-0.39, 0.29) is 11.7 Å². The van der Waals surface area contributed by atoms with Crippen LogP contribution in [0.5, 0.6) is 5.75 Å². The number of hydrogen-bond acceptors (Lipinski definition) is 3. The van der Waals surface area contributed by atoms with Crippen LogP contribution in [0.4, 0.5) is 11.4 Å². The maximum absolute atomic E-state index is 11.4. The van der Waals surface area contributed by atoms with Gasteiger partial charge in [0.2, 0.25) is 5.91 Å². The molecular formula is C10H12N2O2. The number of benzene rings is 1. The zero-order valence-electron chi connectivity index (χ0n) is 7.73. The Labute approximate surface area is 81.9 Å². The number of anilines is 2. The molecular weight excluding hydrogens is 180 g/mol. The van der Waals surface area contributed by atoms with Gasteiger partial charge in [0.25, 0.3) is 0 Å². The van der Waals surface area contributed by atoms with Crippen LogP contribution in [0, 0.1) is 0 Å². The lowest BCUT2D eigenvalue weighted by molar-refractivity contribution is -0.117. The van der Waals surface area contributed by atoms with E-state index < -0.39 is 0 Å². The first-order chi connectivity index (χ1) is 6.68. The molecule has 3 N–H and O–H groups in total. The number of phenols is 1. The average molecular weight is 192 g/mol. The van der Waals surface area contributed by atoms with Gasteiger partial charge >= 0.3 is 0 Å². The number of nitrogens with zero attached hydrogens (tertiary/aromatic N) is 1. The highest BCUT2D eigenvalue weighted by molar-refractivity contribution is 5.97. The van der Waals surface area contributed by atoms with Crippen molar-refractivity contribution in [1.82, 2.24) is 0 Å². The molecule has 1 aliphatic heterocycles. The standard InChI is InChI=1S/C10H12N2O2/c11-7-3-4-9(13)8(6-7)12-5-1-2-10(12)14/h3-4,6,13H,1-2,5,11H2. The molecule has 1 aromatic rings. The van der Waals surface area contributed by atoms with Crippen LogP contribution in [0.15, 0.2) is 18.2 Å². The highest BCUT2D eigenvalue weighted by Gasteiger charge is 2.23. The number of rotatable bonds is 1. The van der Waals surface area contributed by atoms with Gasteiger partial charge in [0.1, 0.15) is 5.75 Å². The number of hydrogen-bond donors (Lipinski definition) is 2. The maximum Gasteiger partial charge on any atom is 0.227 e. The van der Waals surface area contributed by atoms with Crippen molar-refractivity contribution in [3.05, 3.63) is 18.2 Å². The van der Waals surface area contributed by atoms with E-state index in [1.54, 1.807) is 17.0 Å². The Morgan fingerprint density at radius 2 is 2.21 bits per heavy atom. The molecule has 1 aromatic carbocycles. The molecule has 1 aliphatic rings. The molecule has 14 heavy (non-hydrogen) atoms. The fourth-order valence-corrected chi connectivity index (χ4v) is 1.66. The third kappa shape index (κ3) is 1.39. The van der Waals surface area contributed by atoms with Crippen LogP contribution in [-0.4, -0.2) is 17.6 Å². The highest BCUT2D eigenvalue weighted by atomic mass is 16.3. The SMILES string of the molecule is Nc1ccc(O)c(N2CCCC2=O)c1. The molecule has 0 unspecified atom stereocenters. The van der Waals surface area contributed by atoms with Gasteiger partial charge in [-0.2, -0.15) is 0 Å². The van der Waals surface area contributed by atoms with Crippen molar-refractivity contribution in [3.8, 4) is 5.75 Å². The van der Waals surface area contributed by atoms with Crippen molar-refractivity contribution in [2.75, 3.05) is 17.2 Å². The Bertz CT molecular complexity index is 376. The Kier molecular flexibility index (Phi) is 2.04. The summed E-state index contributed by atoms with van der Waals surface area (Å²) in [7, 11) is 0. The van der Waals surface area contributed by atoms with E-state index in [4.69, 9.17) is 5.73 Å². The maximum atomic E-state index is 11.4. The first-order valence-corrected chi connectivity index (χ1v) is 4.57. The largest absolute Gasteiger partial charge is 0.506 e. The van der Waals surface area contributed by atoms with Crippen molar-refractivity contribution in [1.29, 1.82) is 0 Å². The van der Waals surface area contributed by atoms with Crippen molar-refractivity contribution < 1.29 is 9.90 Å². The second-order valence-electron chi connectivity index (χ2n) is 3.40. The summed E-state index contributed by atoms with van der Waals surface area (Å²) in [6.07, 6.45) is 1.39. The van der Waals surface area contributed by atoms with Crippen LogP contribution >= 0.6 is 0 Å². The fraction of sp³-hybridized carbons (Fsp3) is 0.300.